The van der Waals surface area contributed by atoms with Crippen LogP contribution >= 0.6 is 0 Å². The number of furan rings is 2. The lowest BCUT2D eigenvalue weighted by atomic mass is 10.1. The van der Waals surface area contributed by atoms with E-state index in [2.05, 4.69) is 10.2 Å². The highest BCUT2D eigenvalue weighted by molar-refractivity contribution is 5.76. The third-order valence-corrected chi connectivity index (χ3v) is 4.37. The molecular weight excluding hydrogens is 292 g/mol. The van der Waals surface area contributed by atoms with Gasteiger partial charge in [-0.2, -0.15) is 0 Å². The van der Waals surface area contributed by atoms with Gasteiger partial charge in [-0.1, -0.05) is 6.42 Å². The molecule has 1 amide bonds. The molecule has 2 aromatic heterocycles. The Kier molecular flexibility index (Phi) is 5.53. The highest BCUT2D eigenvalue weighted by atomic mass is 16.3. The molecule has 1 saturated heterocycles. The van der Waals surface area contributed by atoms with Crippen molar-refractivity contribution in [2.45, 2.75) is 38.1 Å². The zero-order valence-corrected chi connectivity index (χ0v) is 13.4. The molecule has 124 valence electrons. The molecule has 3 rings (SSSR count). The lowest BCUT2D eigenvalue weighted by Crippen LogP contribution is -2.40. The summed E-state index contributed by atoms with van der Waals surface area (Å²) in [5.41, 5.74) is 0. The number of rotatable bonds is 7. The SMILES string of the molecule is O=C(CCc1ccco1)NCC(c1ccco1)N1CCCCC1. The number of piperidine rings is 1. The molecule has 0 bridgehead atoms. The highest BCUT2D eigenvalue weighted by Crippen LogP contribution is 2.24. The lowest BCUT2D eigenvalue weighted by molar-refractivity contribution is -0.121. The fourth-order valence-electron chi connectivity index (χ4n) is 3.11. The Labute approximate surface area is 136 Å². The van der Waals surface area contributed by atoms with E-state index in [1.165, 1.54) is 19.3 Å². The predicted molar refractivity (Wildman–Crippen MR) is 86.9 cm³/mol. The zero-order valence-electron chi connectivity index (χ0n) is 13.4. The normalized spacial score (nSPS) is 17.0. The second-order valence-electron chi connectivity index (χ2n) is 6.01. The number of amides is 1. The van der Waals surface area contributed by atoms with Gasteiger partial charge in [-0.05, 0) is 50.2 Å². The molecule has 3 heterocycles. The minimum Gasteiger partial charge on any atom is -0.469 e. The van der Waals surface area contributed by atoms with Gasteiger partial charge in [-0.25, -0.2) is 0 Å². The lowest BCUT2D eigenvalue weighted by Gasteiger charge is -2.33. The largest absolute Gasteiger partial charge is 0.469 e. The maximum atomic E-state index is 12.1. The van der Waals surface area contributed by atoms with Crippen LogP contribution in [0.25, 0.3) is 0 Å². The molecule has 0 radical (unpaired) electrons. The van der Waals surface area contributed by atoms with Crippen LogP contribution in [0.1, 0.15) is 43.2 Å². The van der Waals surface area contributed by atoms with E-state index < -0.39 is 0 Å². The van der Waals surface area contributed by atoms with Gasteiger partial charge in [0.2, 0.25) is 5.91 Å². The third kappa shape index (κ3) is 4.48. The first-order chi connectivity index (χ1) is 11.3. The summed E-state index contributed by atoms with van der Waals surface area (Å²) in [7, 11) is 0. The van der Waals surface area contributed by atoms with Crippen LogP contribution in [0.4, 0.5) is 0 Å². The molecule has 23 heavy (non-hydrogen) atoms. The van der Waals surface area contributed by atoms with Crippen LogP contribution in [0.3, 0.4) is 0 Å². The number of nitrogens with zero attached hydrogens (tertiary/aromatic N) is 1. The van der Waals surface area contributed by atoms with Crippen LogP contribution in [-0.2, 0) is 11.2 Å². The van der Waals surface area contributed by atoms with Crippen LogP contribution < -0.4 is 5.32 Å². The van der Waals surface area contributed by atoms with E-state index >= 15 is 0 Å². The molecule has 0 aliphatic carbocycles. The molecule has 5 nitrogen and oxygen atoms in total. The molecule has 0 aromatic carbocycles. The Balaban J connectivity index is 1.52. The van der Waals surface area contributed by atoms with Crippen molar-refractivity contribution in [3.63, 3.8) is 0 Å². The number of hydrogen-bond acceptors (Lipinski definition) is 4. The third-order valence-electron chi connectivity index (χ3n) is 4.37. The van der Waals surface area contributed by atoms with Crippen LogP contribution in [0.5, 0.6) is 0 Å². The maximum Gasteiger partial charge on any atom is 0.220 e. The van der Waals surface area contributed by atoms with Crippen molar-refractivity contribution in [2.75, 3.05) is 19.6 Å². The van der Waals surface area contributed by atoms with E-state index in [4.69, 9.17) is 8.83 Å². The van der Waals surface area contributed by atoms with E-state index in [9.17, 15) is 4.79 Å². The first-order valence-corrected chi connectivity index (χ1v) is 8.39. The topological polar surface area (TPSA) is 58.6 Å². The van der Waals surface area contributed by atoms with E-state index in [0.29, 0.717) is 19.4 Å². The molecule has 1 unspecified atom stereocenters. The van der Waals surface area contributed by atoms with Gasteiger partial charge in [0.25, 0.3) is 0 Å². The number of aryl methyl sites for hydroxylation is 1. The van der Waals surface area contributed by atoms with Crippen molar-refractivity contribution < 1.29 is 13.6 Å². The van der Waals surface area contributed by atoms with Gasteiger partial charge in [0, 0.05) is 19.4 Å². The molecule has 1 atom stereocenters. The number of nitrogens with one attached hydrogen (secondary N) is 1. The van der Waals surface area contributed by atoms with Gasteiger partial charge < -0.3 is 14.2 Å². The highest BCUT2D eigenvalue weighted by Gasteiger charge is 2.24. The van der Waals surface area contributed by atoms with E-state index in [1.54, 1.807) is 12.5 Å². The average molecular weight is 316 g/mol. The van der Waals surface area contributed by atoms with Crippen molar-refractivity contribution in [1.29, 1.82) is 0 Å². The molecule has 5 heteroatoms. The second kappa shape index (κ2) is 8.02. The molecule has 1 fully saturated rings. The van der Waals surface area contributed by atoms with Crippen molar-refractivity contribution in [2.24, 2.45) is 0 Å². The summed E-state index contributed by atoms with van der Waals surface area (Å²) in [4.78, 5) is 14.5. The van der Waals surface area contributed by atoms with Gasteiger partial charge >= 0.3 is 0 Å². The van der Waals surface area contributed by atoms with E-state index in [0.717, 1.165) is 24.6 Å². The van der Waals surface area contributed by atoms with E-state index in [1.807, 2.05) is 24.3 Å². The quantitative estimate of drug-likeness (QED) is 0.852. The zero-order chi connectivity index (χ0) is 15.9. The standard InChI is InChI=1S/C18H24N2O3/c21-18(9-8-15-6-4-12-22-15)19-14-16(17-7-5-13-23-17)20-10-2-1-3-11-20/h4-7,12-13,16H,1-3,8-11,14H2,(H,19,21). The molecule has 1 N–H and O–H groups in total. The van der Waals surface area contributed by atoms with Gasteiger partial charge in [0.05, 0.1) is 18.6 Å². The van der Waals surface area contributed by atoms with Crippen molar-refractivity contribution in [1.82, 2.24) is 10.2 Å². The van der Waals surface area contributed by atoms with Crippen molar-refractivity contribution in [3.8, 4) is 0 Å². The van der Waals surface area contributed by atoms with Crippen LogP contribution in [0.2, 0.25) is 0 Å². The minimum atomic E-state index is 0.0509. The van der Waals surface area contributed by atoms with Crippen LogP contribution in [0, 0.1) is 0 Å². The van der Waals surface area contributed by atoms with Crippen molar-refractivity contribution >= 4 is 5.91 Å². The molecule has 0 spiro atoms. The second-order valence-corrected chi connectivity index (χ2v) is 6.01. The number of carbonyl (C=O) groups is 1. The summed E-state index contributed by atoms with van der Waals surface area (Å²) < 4.78 is 10.9. The van der Waals surface area contributed by atoms with Gasteiger partial charge in [-0.3, -0.25) is 9.69 Å². The Morgan fingerprint density at radius 3 is 2.61 bits per heavy atom. The summed E-state index contributed by atoms with van der Waals surface area (Å²) in [5.74, 6) is 1.83. The maximum absolute atomic E-state index is 12.1. The Morgan fingerprint density at radius 2 is 1.91 bits per heavy atom. The fourth-order valence-corrected chi connectivity index (χ4v) is 3.11. The first-order valence-electron chi connectivity index (χ1n) is 8.39. The van der Waals surface area contributed by atoms with Crippen molar-refractivity contribution in [3.05, 3.63) is 48.3 Å². The average Bonchev–Trinajstić information content (AvgIpc) is 3.28. The first kappa shape index (κ1) is 15.9. The van der Waals surface area contributed by atoms with Crippen LogP contribution in [-0.4, -0.2) is 30.4 Å². The van der Waals surface area contributed by atoms with Gasteiger partial charge in [0.15, 0.2) is 0 Å². The fraction of sp³-hybridized carbons (Fsp3) is 0.500. The Hall–Kier alpha value is -2.01. The summed E-state index contributed by atoms with van der Waals surface area (Å²) in [6.07, 6.45) is 8.12. The summed E-state index contributed by atoms with van der Waals surface area (Å²) in [5, 5.41) is 3.05. The molecule has 2 aromatic rings. The Bertz CT molecular complexity index is 571. The summed E-state index contributed by atoms with van der Waals surface area (Å²) in [6, 6.07) is 7.76. The summed E-state index contributed by atoms with van der Waals surface area (Å²) >= 11 is 0. The van der Waals surface area contributed by atoms with Crippen LogP contribution in [0.15, 0.2) is 45.6 Å². The molecule has 1 aliphatic rings. The van der Waals surface area contributed by atoms with E-state index in [-0.39, 0.29) is 11.9 Å². The van der Waals surface area contributed by atoms with Gasteiger partial charge in [-0.15, -0.1) is 0 Å². The molecular formula is C18H24N2O3. The summed E-state index contributed by atoms with van der Waals surface area (Å²) in [6.45, 7) is 2.71. The monoisotopic (exact) mass is 316 g/mol. The minimum absolute atomic E-state index is 0.0509. The number of likely N-dealkylation sites (tertiary alicyclic amines) is 1. The Morgan fingerprint density at radius 1 is 1.13 bits per heavy atom. The molecule has 0 saturated carbocycles. The number of carbonyl (C=O) groups excluding carboxylic acids is 1. The smallest absolute Gasteiger partial charge is 0.220 e. The molecule has 1 aliphatic heterocycles. The van der Waals surface area contributed by atoms with Gasteiger partial charge in [0.1, 0.15) is 11.5 Å². The number of hydrogen-bond donors (Lipinski definition) is 1. The predicted octanol–water partition coefficient (Wildman–Crippen LogP) is 3.15.